The van der Waals surface area contributed by atoms with Crippen molar-refractivity contribution in [2.45, 2.75) is 58.7 Å². The van der Waals surface area contributed by atoms with Gasteiger partial charge in [0.1, 0.15) is 12.2 Å². The Morgan fingerprint density at radius 1 is 0.903 bits per heavy atom. The number of hydrogen-bond donors (Lipinski definition) is 0. The predicted octanol–water partition coefficient (Wildman–Crippen LogP) is 5.24. The number of allylic oxidation sites excluding steroid dienone is 1. The highest BCUT2D eigenvalue weighted by Gasteiger charge is 2.32. The monoisotopic (exact) mass is 428 g/mol. The first-order valence-electron chi connectivity index (χ1n) is 11.3. The SMILES string of the molecule is C=C(C1CCN(C(=O)OCc2ccccc2)CC1)C1CCN(C(=O)OC(C)(C)C)CC1. The van der Waals surface area contributed by atoms with Crippen molar-refractivity contribution in [3.05, 3.63) is 48.0 Å². The number of carbonyl (C=O) groups excluding carboxylic acids is 2. The van der Waals surface area contributed by atoms with Crippen molar-refractivity contribution in [2.75, 3.05) is 26.2 Å². The summed E-state index contributed by atoms with van der Waals surface area (Å²) >= 11 is 0. The number of ether oxygens (including phenoxy) is 2. The molecule has 2 aliphatic heterocycles. The van der Waals surface area contributed by atoms with Crippen molar-refractivity contribution >= 4 is 12.2 Å². The van der Waals surface area contributed by atoms with Gasteiger partial charge in [-0.2, -0.15) is 0 Å². The third-order valence-electron chi connectivity index (χ3n) is 6.15. The van der Waals surface area contributed by atoms with E-state index in [-0.39, 0.29) is 12.2 Å². The first-order chi connectivity index (χ1) is 14.7. The van der Waals surface area contributed by atoms with Gasteiger partial charge in [0.2, 0.25) is 0 Å². The lowest BCUT2D eigenvalue weighted by Gasteiger charge is -2.38. The van der Waals surface area contributed by atoms with Gasteiger partial charge in [-0.3, -0.25) is 0 Å². The molecule has 31 heavy (non-hydrogen) atoms. The van der Waals surface area contributed by atoms with Crippen molar-refractivity contribution in [3.8, 4) is 0 Å². The molecule has 0 spiro atoms. The molecule has 2 amide bonds. The van der Waals surface area contributed by atoms with Crippen LogP contribution in [-0.2, 0) is 16.1 Å². The maximum atomic E-state index is 12.4. The van der Waals surface area contributed by atoms with Gasteiger partial charge in [-0.25, -0.2) is 9.59 Å². The minimum absolute atomic E-state index is 0.223. The largest absolute Gasteiger partial charge is 0.445 e. The second-order valence-corrected chi connectivity index (χ2v) is 9.62. The number of likely N-dealkylation sites (tertiary alicyclic amines) is 2. The van der Waals surface area contributed by atoms with E-state index in [9.17, 15) is 9.59 Å². The van der Waals surface area contributed by atoms with Crippen molar-refractivity contribution in [1.82, 2.24) is 9.80 Å². The fraction of sp³-hybridized carbons (Fsp3) is 0.600. The van der Waals surface area contributed by atoms with E-state index in [4.69, 9.17) is 9.47 Å². The van der Waals surface area contributed by atoms with Crippen LogP contribution in [0.15, 0.2) is 42.5 Å². The number of rotatable bonds is 4. The zero-order chi connectivity index (χ0) is 22.4. The van der Waals surface area contributed by atoms with Crippen LogP contribution in [0.2, 0.25) is 0 Å². The Morgan fingerprint density at radius 2 is 1.39 bits per heavy atom. The molecular weight excluding hydrogens is 392 g/mol. The van der Waals surface area contributed by atoms with Crippen LogP contribution in [0.1, 0.15) is 52.0 Å². The van der Waals surface area contributed by atoms with E-state index < -0.39 is 5.60 Å². The molecule has 0 radical (unpaired) electrons. The Balaban J connectivity index is 1.39. The topological polar surface area (TPSA) is 59.1 Å². The first kappa shape index (κ1) is 23.2. The van der Waals surface area contributed by atoms with Gasteiger partial charge in [-0.15, -0.1) is 0 Å². The minimum atomic E-state index is -0.465. The maximum absolute atomic E-state index is 12.4. The Kier molecular flexibility index (Phi) is 7.63. The smallest absolute Gasteiger partial charge is 0.410 e. The van der Waals surface area contributed by atoms with Crippen LogP contribution < -0.4 is 0 Å². The molecule has 2 aliphatic rings. The molecule has 2 heterocycles. The lowest BCUT2D eigenvalue weighted by Crippen LogP contribution is -2.43. The lowest BCUT2D eigenvalue weighted by atomic mass is 9.79. The summed E-state index contributed by atoms with van der Waals surface area (Å²) in [5.74, 6) is 0.858. The summed E-state index contributed by atoms with van der Waals surface area (Å²) in [6.45, 7) is 13.2. The van der Waals surface area contributed by atoms with Gasteiger partial charge in [0.25, 0.3) is 0 Å². The molecule has 170 valence electrons. The van der Waals surface area contributed by atoms with Gasteiger partial charge < -0.3 is 19.3 Å². The van der Waals surface area contributed by atoms with E-state index in [1.807, 2.05) is 51.1 Å². The van der Waals surface area contributed by atoms with Crippen molar-refractivity contribution < 1.29 is 19.1 Å². The fourth-order valence-corrected chi connectivity index (χ4v) is 4.34. The summed E-state index contributed by atoms with van der Waals surface area (Å²) in [5, 5.41) is 0. The van der Waals surface area contributed by atoms with Crippen LogP contribution >= 0.6 is 0 Å². The molecule has 0 N–H and O–H groups in total. The van der Waals surface area contributed by atoms with E-state index in [0.717, 1.165) is 31.2 Å². The maximum Gasteiger partial charge on any atom is 0.410 e. The molecule has 2 saturated heterocycles. The van der Waals surface area contributed by atoms with E-state index in [1.165, 1.54) is 5.57 Å². The molecule has 0 aromatic heterocycles. The Morgan fingerprint density at radius 3 is 1.87 bits per heavy atom. The van der Waals surface area contributed by atoms with Gasteiger partial charge in [0.15, 0.2) is 0 Å². The molecule has 1 aromatic carbocycles. The zero-order valence-corrected chi connectivity index (χ0v) is 19.1. The van der Waals surface area contributed by atoms with Crippen molar-refractivity contribution in [2.24, 2.45) is 11.8 Å². The van der Waals surface area contributed by atoms with Crippen molar-refractivity contribution in [1.29, 1.82) is 0 Å². The predicted molar refractivity (Wildman–Crippen MR) is 121 cm³/mol. The molecule has 6 nitrogen and oxygen atoms in total. The summed E-state index contributed by atoms with van der Waals surface area (Å²) < 4.78 is 11.0. The Bertz CT molecular complexity index is 755. The Labute approximate surface area is 186 Å². The standard InChI is InChI=1S/C25H36N2O4/c1-19(22-12-16-27(17-13-22)24(29)31-25(2,3)4)21-10-14-26(15-11-21)23(28)30-18-20-8-6-5-7-9-20/h5-9,21-22H,1,10-18H2,2-4H3. The summed E-state index contributed by atoms with van der Waals surface area (Å²) in [7, 11) is 0. The number of nitrogens with zero attached hydrogens (tertiary/aromatic N) is 2. The lowest BCUT2D eigenvalue weighted by molar-refractivity contribution is 0.0190. The third kappa shape index (κ3) is 6.74. The van der Waals surface area contributed by atoms with Crippen molar-refractivity contribution in [3.63, 3.8) is 0 Å². The van der Waals surface area contributed by atoms with Crippen LogP contribution in [-0.4, -0.2) is 53.8 Å². The van der Waals surface area contributed by atoms with E-state index in [0.29, 0.717) is 44.6 Å². The molecular formula is C25H36N2O4. The summed E-state index contributed by atoms with van der Waals surface area (Å²) in [6.07, 6.45) is 3.24. The average molecular weight is 429 g/mol. The van der Waals surface area contributed by atoms with Gasteiger partial charge in [-0.1, -0.05) is 42.5 Å². The number of amides is 2. The van der Waals surface area contributed by atoms with Gasteiger partial charge in [0.05, 0.1) is 0 Å². The molecule has 0 aliphatic carbocycles. The van der Waals surface area contributed by atoms with E-state index in [1.54, 1.807) is 9.80 Å². The molecule has 0 atom stereocenters. The minimum Gasteiger partial charge on any atom is -0.445 e. The molecule has 3 rings (SSSR count). The summed E-state index contributed by atoms with van der Waals surface area (Å²) in [4.78, 5) is 28.3. The highest BCUT2D eigenvalue weighted by Crippen LogP contribution is 2.34. The molecule has 0 bridgehead atoms. The molecule has 0 saturated carbocycles. The highest BCUT2D eigenvalue weighted by atomic mass is 16.6. The van der Waals surface area contributed by atoms with Gasteiger partial charge in [0, 0.05) is 26.2 Å². The van der Waals surface area contributed by atoms with Crippen LogP contribution in [0, 0.1) is 11.8 Å². The number of piperidine rings is 2. The molecule has 6 heteroatoms. The normalized spacial score (nSPS) is 18.5. The highest BCUT2D eigenvalue weighted by molar-refractivity contribution is 5.68. The number of benzene rings is 1. The van der Waals surface area contributed by atoms with Gasteiger partial charge in [-0.05, 0) is 63.9 Å². The third-order valence-corrected chi connectivity index (χ3v) is 6.15. The van der Waals surface area contributed by atoms with E-state index >= 15 is 0 Å². The summed E-state index contributed by atoms with van der Waals surface area (Å²) in [5.41, 5.74) is 1.81. The van der Waals surface area contributed by atoms with Crippen LogP contribution in [0.5, 0.6) is 0 Å². The Hall–Kier alpha value is -2.50. The van der Waals surface area contributed by atoms with Crippen LogP contribution in [0.4, 0.5) is 9.59 Å². The molecule has 2 fully saturated rings. The van der Waals surface area contributed by atoms with Crippen LogP contribution in [0.3, 0.4) is 0 Å². The second-order valence-electron chi connectivity index (χ2n) is 9.62. The van der Waals surface area contributed by atoms with Crippen LogP contribution in [0.25, 0.3) is 0 Å². The number of hydrogen-bond acceptors (Lipinski definition) is 4. The quantitative estimate of drug-likeness (QED) is 0.616. The molecule has 1 aromatic rings. The summed E-state index contributed by atoms with van der Waals surface area (Å²) in [6, 6.07) is 9.75. The molecule has 0 unspecified atom stereocenters. The number of carbonyl (C=O) groups is 2. The fourth-order valence-electron chi connectivity index (χ4n) is 4.34. The first-order valence-corrected chi connectivity index (χ1v) is 11.3. The average Bonchev–Trinajstić information content (AvgIpc) is 2.77. The van der Waals surface area contributed by atoms with Gasteiger partial charge >= 0.3 is 12.2 Å². The zero-order valence-electron chi connectivity index (χ0n) is 19.1. The van der Waals surface area contributed by atoms with E-state index in [2.05, 4.69) is 6.58 Å². The second kappa shape index (κ2) is 10.2.